The Morgan fingerprint density at radius 1 is 1.08 bits per heavy atom. The van der Waals surface area contributed by atoms with Crippen LogP contribution >= 0.6 is 11.8 Å². The Labute approximate surface area is 210 Å². The number of amides is 1. The van der Waals surface area contributed by atoms with Crippen LogP contribution in [-0.2, 0) is 10.5 Å². The molecule has 8 heteroatoms. The van der Waals surface area contributed by atoms with Crippen molar-refractivity contribution in [2.75, 3.05) is 12.4 Å². The summed E-state index contributed by atoms with van der Waals surface area (Å²) in [6, 6.07) is 16.2. The van der Waals surface area contributed by atoms with Gasteiger partial charge in [-0.3, -0.25) is 4.79 Å². The highest BCUT2D eigenvalue weighted by Crippen LogP contribution is 2.58. The van der Waals surface area contributed by atoms with Crippen molar-refractivity contribution in [1.29, 1.82) is 0 Å². The van der Waals surface area contributed by atoms with E-state index in [1.165, 1.54) is 0 Å². The maximum Gasteiger partial charge on any atom is 0.253 e. The molecule has 5 aromatic rings. The number of benzene rings is 3. The van der Waals surface area contributed by atoms with Crippen LogP contribution in [0, 0.1) is 0 Å². The van der Waals surface area contributed by atoms with E-state index < -0.39 is 24.2 Å². The topological polar surface area (TPSA) is 88.7 Å². The second kappa shape index (κ2) is 6.63. The molecule has 0 spiro atoms. The Morgan fingerprint density at radius 3 is 2.50 bits per heavy atom. The predicted molar refractivity (Wildman–Crippen MR) is 141 cm³/mol. The summed E-state index contributed by atoms with van der Waals surface area (Å²) in [7, 11) is 0. The van der Waals surface area contributed by atoms with Crippen LogP contribution in [0.4, 0.5) is 0 Å². The van der Waals surface area contributed by atoms with Gasteiger partial charge in [-0.05, 0) is 24.8 Å². The van der Waals surface area contributed by atoms with Crippen molar-refractivity contribution in [3.8, 4) is 0 Å². The van der Waals surface area contributed by atoms with E-state index in [9.17, 15) is 15.0 Å². The van der Waals surface area contributed by atoms with Crippen molar-refractivity contribution in [1.82, 2.24) is 14.5 Å². The molecule has 36 heavy (non-hydrogen) atoms. The van der Waals surface area contributed by atoms with Gasteiger partial charge < -0.3 is 29.4 Å². The zero-order valence-corrected chi connectivity index (χ0v) is 20.7. The number of hydrogen-bond donors (Lipinski definition) is 3. The van der Waals surface area contributed by atoms with Crippen LogP contribution in [0.3, 0.4) is 0 Å². The molecule has 0 aliphatic carbocycles. The number of nitrogens with one attached hydrogen (secondary N) is 1. The van der Waals surface area contributed by atoms with Gasteiger partial charge >= 0.3 is 0 Å². The lowest BCUT2D eigenvalue weighted by Crippen LogP contribution is -2.53. The zero-order valence-electron chi connectivity index (χ0n) is 19.9. The molecule has 3 aromatic carbocycles. The third kappa shape index (κ3) is 2.14. The van der Waals surface area contributed by atoms with Crippen LogP contribution in [0.5, 0.6) is 0 Å². The number of carbonyl (C=O) groups excluding carboxylic acids is 1. The van der Waals surface area contributed by atoms with Crippen LogP contribution in [0.25, 0.3) is 43.6 Å². The molecule has 7 nitrogen and oxygen atoms in total. The van der Waals surface area contributed by atoms with Crippen molar-refractivity contribution < 1.29 is 19.7 Å². The van der Waals surface area contributed by atoms with Crippen LogP contribution in [0.2, 0.25) is 0 Å². The van der Waals surface area contributed by atoms with Gasteiger partial charge in [-0.25, -0.2) is 0 Å². The third-order valence-electron chi connectivity index (χ3n) is 8.60. The van der Waals surface area contributed by atoms with Gasteiger partial charge in [-0.2, -0.15) is 0 Å². The quantitative estimate of drug-likeness (QED) is 0.334. The number of ether oxygens (including phenoxy) is 1. The predicted octanol–water partition coefficient (Wildman–Crippen LogP) is 4.73. The first-order valence-electron chi connectivity index (χ1n) is 12.4. The SMILES string of the molecule is CCSC1NC(=O)c2c1c1c3ccccc3n3c1c1c2c2ccccc2n1C1CC(O)(CO)C3(C)O1. The van der Waals surface area contributed by atoms with Crippen LogP contribution < -0.4 is 5.32 Å². The van der Waals surface area contributed by atoms with Gasteiger partial charge in [0.05, 0.1) is 34.2 Å². The molecule has 2 bridgehead atoms. The van der Waals surface area contributed by atoms with E-state index in [1.807, 2.05) is 43.3 Å². The van der Waals surface area contributed by atoms with Gasteiger partial charge in [0.15, 0.2) is 5.72 Å². The monoisotopic (exact) mass is 499 g/mol. The van der Waals surface area contributed by atoms with Crippen LogP contribution in [0.15, 0.2) is 48.5 Å². The van der Waals surface area contributed by atoms with E-state index in [2.05, 4.69) is 33.5 Å². The van der Waals surface area contributed by atoms with Crippen molar-refractivity contribution in [2.24, 2.45) is 0 Å². The minimum atomic E-state index is -1.49. The van der Waals surface area contributed by atoms with Crippen LogP contribution in [-0.4, -0.2) is 43.2 Å². The summed E-state index contributed by atoms with van der Waals surface area (Å²) in [5.74, 6) is 0.809. The van der Waals surface area contributed by atoms with Gasteiger partial charge in [-0.15, -0.1) is 11.8 Å². The summed E-state index contributed by atoms with van der Waals surface area (Å²) in [5.41, 5.74) is 2.79. The molecule has 3 N–H and O–H groups in total. The third-order valence-corrected chi connectivity index (χ3v) is 9.62. The second-order valence-electron chi connectivity index (χ2n) is 10.2. The molecule has 1 amide bonds. The molecule has 8 rings (SSSR count). The molecule has 3 aliphatic rings. The number of aliphatic hydroxyl groups is 2. The first kappa shape index (κ1) is 21.1. The number of carbonyl (C=O) groups is 1. The average Bonchev–Trinajstić information content (AvgIpc) is 3.55. The van der Waals surface area contributed by atoms with E-state index in [0.29, 0.717) is 0 Å². The maximum absolute atomic E-state index is 13.6. The number of hydrogen-bond acceptors (Lipinski definition) is 5. The Kier molecular flexibility index (Phi) is 3.88. The van der Waals surface area contributed by atoms with Gasteiger partial charge in [0, 0.05) is 33.5 Å². The van der Waals surface area contributed by atoms with Crippen molar-refractivity contribution in [3.63, 3.8) is 0 Å². The fourth-order valence-electron chi connectivity index (χ4n) is 7.05. The molecule has 5 heterocycles. The number of rotatable bonds is 3. The highest BCUT2D eigenvalue weighted by molar-refractivity contribution is 7.99. The van der Waals surface area contributed by atoms with E-state index in [1.54, 1.807) is 11.8 Å². The molecule has 1 fully saturated rings. The lowest BCUT2D eigenvalue weighted by molar-refractivity contribution is -0.189. The number of thioether (sulfide) groups is 1. The normalized spacial score (nSPS) is 28.6. The zero-order chi connectivity index (χ0) is 24.6. The molecule has 4 unspecified atom stereocenters. The lowest BCUT2D eigenvalue weighted by atomic mass is 9.89. The van der Waals surface area contributed by atoms with Crippen molar-refractivity contribution in [2.45, 2.75) is 43.2 Å². The standard InChI is InChI=1S/C28H25N3O4S/c1-3-36-26-22-20-15-9-5-7-11-17(15)31-24(20)23-19(21(22)25(33)29-26)14-8-4-6-10-16(14)30(23)18-12-28(34,13-32)27(31,2)35-18/h4-11,18,26,32,34H,3,12-13H2,1-2H3,(H,29,33). The molecule has 1 saturated heterocycles. The summed E-state index contributed by atoms with van der Waals surface area (Å²) in [4.78, 5) is 13.6. The number of aliphatic hydroxyl groups excluding tert-OH is 1. The van der Waals surface area contributed by atoms with Gasteiger partial charge in [0.2, 0.25) is 0 Å². The number of para-hydroxylation sites is 2. The molecule has 0 radical (unpaired) electrons. The molecule has 0 saturated carbocycles. The fourth-order valence-corrected chi connectivity index (χ4v) is 7.98. The summed E-state index contributed by atoms with van der Waals surface area (Å²) >= 11 is 1.71. The Morgan fingerprint density at radius 2 is 1.78 bits per heavy atom. The van der Waals surface area contributed by atoms with E-state index in [-0.39, 0.29) is 17.7 Å². The van der Waals surface area contributed by atoms with Crippen molar-refractivity contribution >= 4 is 61.3 Å². The number of nitrogens with zero attached hydrogens (tertiary/aromatic N) is 2. The molecule has 3 aliphatic heterocycles. The first-order valence-corrected chi connectivity index (χ1v) is 13.4. The van der Waals surface area contributed by atoms with Crippen molar-refractivity contribution in [3.05, 3.63) is 59.7 Å². The largest absolute Gasteiger partial charge is 0.393 e. The highest BCUT2D eigenvalue weighted by Gasteiger charge is 2.60. The Balaban J connectivity index is 1.74. The van der Waals surface area contributed by atoms with E-state index >= 15 is 0 Å². The molecule has 2 aromatic heterocycles. The molecular formula is C28H25N3O4S. The lowest BCUT2D eigenvalue weighted by Gasteiger charge is -2.38. The summed E-state index contributed by atoms with van der Waals surface area (Å²) in [6.07, 6.45) is -0.265. The highest BCUT2D eigenvalue weighted by atomic mass is 32.2. The van der Waals surface area contributed by atoms with Gasteiger partial charge in [0.1, 0.15) is 17.2 Å². The molecular weight excluding hydrogens is 474 g/mol. The summed E-state index contributed by atoms with van der Waals surface area (Å²) < 4.78 is 11.0. The van der Waals surface area contributed by atoms with Gasteiger partial charge in [0.25, 0.3) is 5.91 Å². The summed E-state index contributed by atoms with van der Waals surface area (Å²) in [6.45, 7) is 3.55. The summed E-state index contributed by atoms with van der Waals surface area (Å²) in [5, 5.41) is 29.4. The Bertz CT molecular complexity index is 1810. The Hall–Kier alpha value is -3.04. The molecule has 4 atom stereocenters. The smallest absolute Gasteiger partial charge is 0.253 e. The first-order chi connectivity index (χ1) is 17.4. The molecule has 182 valence electrons. The van der Waals surface area contributed by atoms with Gasteiger partial charge in [-0.1, -0.05) is 43.3 Å². The maximum atomic E-state index is 13.6. The average molecular weight is 500 g/mol. The second-order valence-corrected chi connectivity index (χ2v) is 11.6. The van der Waals surface area contributed by atoms with E-state index in [0.717, 1.165) is 60.5 Å². The number of aromatic nitrogens is 2. The fraction of sp³-hybridized carbons (Fsp3) is 0.321. The van der Waals surface area contributed by atoms with Crippen LogP contribution in [0.1, 0.15) is 47.8 Å². The number of fused-ring (bicyclic) bond motifs is 13. The minimum absolute atomic E-state index is 0.0500. The minimum Gasteiger partial charge on any atom is -0.393 e. The van der Waals surface area contributed by atoms with E-state index in [4.69, 9.17) is 4.74 Å².